The first-order chi connectivity index (χ1) is 52.4. The zero-order valence-electron chi connectivity index (χ0n) is 61.2. The summed E-state index contributed by atoms with van der Waals surface area (Å²) in [5.74, 6) is -3.43. The van der Waals surface area contributed by atoms with Gasteiger partial charge < -0.3 is 79.6 Å². The average molecular weight is 1520 g/mol. The van der Waals surface area contributed by atoms with E-state index in [2.05, 4.69) is 36.6 Å². The Bertz CT molecular complexity index is 4490. The van der Waals surface area contributed by atoms with Crippen LogP contribution < -0.4 is 36.6 Å². The number of pyridine rings is 1. The largest absolute Gasteiger partial charge is 0.508 e. The van der Waals surface area contributed by atoms with Crippen molar-refractivity contribution in [3.05, 3.63) is 155 Å². The number of aryl methyl sites for hydroxylation is 1. The number of anilines is 2. The number of ketones is 2. The second-order valence-electron chi connectivity index (χ2n) is 27.0. The summed E-state index contributed by atoms with van der Waals surface area (Å²) < 4.78 is 36.7. The number of urea groups is 1. The second kappa shape index (κ2) is 37.8. The van der Waals surface area contributed by atoms with Gasteiger partial charge in [-0.05, 0) is 109 Å². The molecule has 3 aromatic heterocycles. The summed E-state index contributed by atoms with van der Waals surface area (Å²) in [6.07, 6.45) is 7.37. The van der Waals surface area contributed by atoms with Gasteiger partial charge in [0.15, 0.2) is 11.6 Å². The van der Waals surface area contributed by atoms with Gasteiger partial charge in [0.2, 0.25) is 5.91 Å². The minimum Gasteiger partial charge on any atom is -0.508 e. The molecule has 0 saturated heterocycles. The van der Waals surface area contributed by atoms with Crippen LogP contribution in [0.1, 0.15) is 114 Å². The molecule has 2 aliphatic heterocycles. The van der Waals surface area contributed by atoms with Crippen LogP contribution in [0.4, 0.5) is 35.3 Å². The quantitative estimate of drug-likeness (QED) is 0.00718. The number of halogens is 1. The number of amides is 10. The van der Waals surface area contributed by atoms with Crippen LogP contribution in [0.2, 0.25) is 0 Å². The molecule has 7 N–H and O–H groups in total. The predicted molar refractivity (Wildman–Crippen MR) is 397 cm³/mol. The number of nitrogens with zero attached hydrogens (tertiary/aromatic N) is 9. The smallest absolute Gasteiger partial charge is 0.415 e. The first kappa shape index (κ1) is 80.0. The monoisotopic (exact) mass is 1520 g/mol. The highest BCUT2D eigenvalue weighted by molar-refractivity contribution is 6.19. The van der Waals surface area contributed by atoms with Crippen LogP contribution in [0.3, 0.4) is 0 Å². The fourth-order valence-corrected chi connectivity index (χ4v) is 13.6. The summed E-state index contributed by atoms with van der Waals surface area (Å²) >= 11 is 6.69. The van der Waals surface area contributed by atoms with Crippen LogP contribution in [-0.4, -0.2) is 207 Å². The lowest BCUT2D eigenvalue weighted by Gasteiger charge is -2.41. The van der Waals surface area contributed by atoms with Crippen molar-refractivity contribution in [1.82, 2.24) is 55.0 Å². The number of phenolic OH excluding ortho intramolecular Hbond substituents is 1. The van der Waals surface area contributed by atoms with Gasteiger partial charge in [-0.2, -0.15) is 0 Å². The van der Waals surface area contributed by atoms with Crippen molar-refractivity contribution in [3.63, 3.8) is 0 Å². The molecule has 10 rings (SSSR count). The maximum atomic E-state index is 14.7. The first-order valence-corrected chi connectivity index (χ1v) is 36.4. The first-order valence-electron chi connectivity index (χ1n) is 35.9. The van der Waals surface area contributed by atoms with Crippen LogP contribution in [0, 0.1) is 18.8 Å². The SMILES string of the molecule is Cc1cccc2c(OC(=O)N(C)[C@H]3CCCC[C@H]3N(C)C(=O)OCc3ccc(NC(=O)[C@H](CCCNC(N)=O)CC(=O)[C@@H](NC(=O)OCCOCCn4cc(CNC(=O)OCCOCCN5C(=O)C=CC5=O)nn4)C(C)C)cc3)cc3c(c12)[C@H](CCl)CN3C(=O)c1cn2cc(CC(=O)c3ccc(O)cc3)ccc2n1. The Morgan fingerprint density at radius 2 is 1.44 bits per heavy atom. The lowest BCUT2D eigenvalue weighted by molar-refractivity contribution is -0.137. The van der Waals surface area contributed by atoms with Crippen molar-refractivity contribution >= 4 is 105 Å². The summed E-state index contributed by atoms with van der Waals surface area (Å²) in [5, 5.41) is 29.7. The number of carbonyl (C=O) groups is 11. The number of carbonyl (C=O) groups excluding carboxylic acids is 11. The van der Waals surface area contributed by atoms with Gasteiger partial charge in [-0.25, -0.2) is 33.6 Å². The van der Waals surface area contributed by atoms with Gasteiger partial charge in [0.25, 0.3) is 17.7 Å². The second-order valence-corrected chi connectivity index (χ2v) is 27.4. The maximum Gasteiger partial charge on any atom is 0.415 e. The number of ether oxygens (including phenoxy) is 6. The minimum atomic E-state index is -1.04. The number of alkyl carbamates (subject to hydrolysis) is 2. The number of nitrogens with two attached hydrogens (primary N) is 1. The van der Waals surface area contributed by atoms with E-state index < -0.39 is 89.8 Å². The van der Waals surface area contributed by atoms with Crippen LogP contribution in [-0.2, 0) is 69.0 Å². The van der Waals surface area contributed by atoms with Crippen LogP contribution >= 0.6 is 11.6 Å². The molecule has 5 heterocycles. The molecule has 1 saturated carbocycles. The Kier molecular flexibility index (Phi) is 27.8. The molecule has 0 unspecified atom stereocenters. The summed E-state index contributed by atoms with van der Waals surface area (Å²) in [6.45, 7) is 6.10. The number of Topliss-reactive ketones (excluding diaryl/α,β-unsaturated/α-hetero) is 2. The molecule has 5 atom stereocenters. The van der Waals surface area contributed by atoms with E-state index in [0.717, 1.165) is 34.3 Å². The Balaban J connectivity index is 0.677. The summed E-state index contributed by atoms with van der Waals surface area (Å²) in [7, 11) is 3.26. The molecule has 7 aromatic rings. The van der Waals surface area contributed by atoms with Gasteiger partial charge >= 0.3 is 30.4 Å². The normalized spacial score (nSPS) is 15.8. The molecule has 10 amide bonds. The fraction of sp³-hybridized carbons (Fsp3) is 0.421. The highest BCUT2D eigenvalue weighted by Crippen LogP contribution is 2.47. The molecule has 32 nitrogen and oxygen atoms in total. The van der Waals surface area contributed by atoms with Crippen molar-refractivity contribution < 1.29 is 86.3 Å². The number of hydrogen-bond donors (Lipinski definition) is 6. The summed E-state index contributed by atoms with van der Waals surface area (Å²) in [6, 6.07) is 20.8. The van der Waals surface area contributed by atoms with Gasteiger partial charge in [0, 0.05) is 105 Å². The number of hydrogen-bond acceptors (Lipinski definition) is 21. The average Bonchev–Trinajstić information content (AvgIpc) is 1.61. The number of aromatic hydroxyl groups is 1. The molecule has 0 bridgehead atoms. The lowest BCUT2D eigenvalue weighted by Crippen LogP contribution is -2.54. The van der Waals surface area contributed by atoms with E-state index in [1.54, 1.807) is 110 Å². The number of benzene rings is 4. The van der Waals surface area contributed by atoms with E-state index in [0.29, 0.717) is 64.1 Å². The third-order valence-corrected chi connectivity index (χ3v) is 19.5. The number of imidazole rings is 1. The number of alkyl halides is 1. The van der Waals surface area contributed by atoms with E-state index in [-0.39, 0.29) is 133 Å². The van der Waals surface area contributed by atoms with E-state index in [1.807, 2.05) is 25.1 Å². The number of primary amides is 1. The van der Waals surface area contributed by atoms with Crippen LogP contribution in [0.25, 0.3) is 16.4 Å². The Morgan fingerprint density at radius 3 is 2.13 bits per heavy atom. The number of nitrogens with one attached hydrogen (secondary N) is 4. The number of fused-ring (bicyclic) bond motifs is 4. The third-order valence-electron chi connectivity index (χ3n) is 19.1. The zero-order valence-corrected chi connectivity index (χ0v) is 61.9. The van der Waals surface area contributed by atoms with Crippen molar-refractivity contribution in [2.45, 2.75) is 116 Å². The van der Waals surface area contributed by atoms with Crippen molar-refractivity contribution in [3.8, 4) is 11.5 Å². The molecule has 33 heteroatoms. The number of aromatic nitrogens is 5. The van der Waals surface area contributed by atoms with E-state index in [4.69, 9.17) is 45.8 Å². The lowest BCUT2D eigenvalue weighted by atomic mass is 9.88. The van der Waals surface area contributed by atoms with Crippen LogP contribution in [0.5, 0.6) is 11.5 Å². The maximum absolute atomic E-state index is 14.7. The standard InChI is InChI=1S/C76H89ClN14O18/c1-46(2)69(83-74(101)107-35-33-104-30-28-89-43-54(84-85-89)40-80-73(100)106-34-32-105-31-29-90-65(95)25-26-66(90)96)62(94)37-51(11-9-27-79-72(78)99)70(97)81-53-20-15-48(16-21-53)45-108-75(102)86(4)58-13-6-7-14-59(58)87(5)76(103)109-63-38-60-68(67-47(3)10-8-12-56(63)67)52(39-77)42-91(60)71(98)57-44-88-41-49(17-24-64(88)82-57)36-61(93)50-18-22-55(92)23-19-50/h8,10,12,15-26,38,41,43-44,46,51-52,58-59,69,92H,6-7,9,11,13-14,27-37,39-40,42,45H2,1-5H3,(H,80,100)(H,81,97)(H,83,101)(H3,78,79,99)/t51-,52-,58-,59+,69+/m1/s1. The zero-order chi connectivity index (χ0) is 77.8. The molecular formula is C76H89ClN14O18. The van der Waals surface area contributed by atoms with Gasteiger partial charge in [-0.1, -0.05) is 68.3 Å². The fourth-order valence-electron chi connectivity index (χ4n) is 13.4. The molecule has 3 aliphatic rings. The van der Waals surface area contributed by atoms with Gasteiger partial charge in [-0.3, -0.25) is 33.7 Å². The Labute approximate surface area is 632 Å². The topological polar surface area (TPSA) is 398 Å². The molecule has 578 valence electrons. The minimum absolute atomic E-state index is 0.00334. The van der Waals surface area contributed by atoms with E-state index >= 15 is 0 Å². The molecule has 0 radical (unpaired) electrons. The highest BCUT2D eigenvalue weighted by Gasteiger charge is 2.40. The molecule has 4 aromatic carbocycles. The number of phenols is 1. The molecule has 1 fully saturated rings. The van der Waals surface area contributed by atoms with E-state index in [1.165, 1.54) is 38.8 Å². The predicted octanol–water partition coefficient (Wildman–Crippen LogP) is 8.11. The van der Waals surface area contributed by atoms with Gasteiger partial charge in [0.1, 0.15) is 48.4 Å². The third kappa shape index (κ3) is 21.2. The van der Waals surface area contributed by atoms with Crippen molar-refractivity contribution in [1.29, 1.82) is 0 Å². The number of rotatable bonds is 35. The highest BCUT2D eigenvalue weighted by atomic mass is 35.5. The van der Waals surface area contributed by atoms with Crippen molar-refractivity contribution in [2.75, 3.05) is 89.5 Å². The van der Waals surface area contributed by atoms with Gasteiger partial charge in [0.05, 0.1) is 76.1 Å². The van der Waals surface area contributed by atoms with Crippen LogP contribution in [0.15, 0.2) is 116 Å². The van der Waals surface area contributed by atoms with E-state index in [9.17, 15) is 57.8 Å². The Hall–Kier alpha value is -11.5. The molecule has 0 spiro atoms. The molecule has 109 heavy (non-hydrogen) atoms. The number of imide groups is 1. The summed E-state index contributed by atoms with van der Waals surface area (Å²) in [5.41, 5.74) is 10.7. The van der Waals surface area contributed by atoms with Crippen molar-refractivity contribution in [2.24, 2.45) is 17.6 Å². The molecule has 1 aliphatic carbocycles. The molecular weight excluding hydrogens is 1430 g/mol. The van der Waals surface area contributed by atoms with Gasteiger partial charge in [-0.15, -0.1) is 16.7 Å². The Morgan fingerprint density at radius 1 is 0.761 bits per heavy atom. The number of likely N-dealkylation sites (N-methyl/N-ethyl adjacent to an activating group) is 2. The summed E-state index contributed by atoms with van der Waals surface area (Å²) in [4.78, 5) is 154.